The van der Waals surface area contributed by atoms with Crippen LogP contribution in [0.4, 0.5) is 0 Å². The van der Waals surface area contributed by atoms with E-state index in [2.05, 4.69) is 9.97 Å². The summed E-state index contributed by atoms with van der Waals surface area (Å²) in [6.07, 6.45) is 3.34. The molecule has 0 aliphatic rings. The fourth-order valence-corrected chi connectivity index (χ4v) is 1.65. The highest BCUT2D eigenvalue weighted by Crippen LogP contribution is 2.13. The van der Waals surface area contributed by atoms with E-state index in [1.165, 1.54) is 11.8 Å². The van der Waals surface area contributed by atoms with Gasteiger partial charge in [0, 0.05) is 23.2 Å². The van der Waals surface area contributed by atoms with Crippen molar-refractivity contribution in [1.82, 2.24) is 9.97 Å². The third-order valence-electron chi connectivity index (χ3n) is 1.71. The van der Waals surface area contributed by atoms with E-state index in [1.54, 1.807) is 19.2 Å². The highest BCUT2D eigenvalue weighted by molar-refractivity contribution is 7.99. The monoisotopic (exact) mass is 224 g/mol. The quantitative estimate of drug-likeness (QED) is 0.481. The van der Waals surface area contributed by atoms with Crippen LogP contribution in [0, 0.1) is 6.92 Å². The Morgan fingerprint density at radius 3 is 3.00 bits per heavy atom. The molecule has 15 heavy (non-hydrogen) atoms. The molecular formula is C10H12N2O2S. The summed E-state index contributed by atoms with van der Waals surface area (Å²) in [4.78, 5) is 18.7. The normalized spacial score (nSPS) is 11.5. The molecule has 0 saturated carbocycles. The molecule has 1 N–H and O–H groups in total. The van der Waals surface area contributed by atoms with Crippen LogP contribution in [0.5, 0.6) is 0 Å². The fourth-order valence-electron chi connectivity index (χ4n) is 0.824. The highest BCUT2D eigenvalue weighted by Gasteiger charge is 2.00. The Morgan fingerprint density at radius 2 is 2.40 bits per heavy atom. The topological polar surface area (TPSA) is 63.1 Å². The van der Waals surface area contributed by atoms with E-state index in [4.69, 9.17) is 5.11 Å². The van der Waals surface area contributed by atoms with E-state index >= 15 is 0 Å². The number of nitrogens with zero attached hydrogens (tertiary/aromatic N) is 2. The molecule has 0 fully saturated rings. The summed E-state index contributed by atoms with van der Waals surface area (Å²) in [6, 6.07) is 1.82. The summed E-state index contributed by atoms with van der Waals surface area (Å²) in [5.41, 5.74) is 1.25. The number of rotatable bonds is 4. The number of carboxylic acid groups (broad SMARTS) is 1. The summed E-state index contributed by atoms with van der Waals surface area (Å²) in [5, 5.41) is 9.29. The van der Waals surface area contributed by atoms with Crippen LogP contribution in [-0.2, 0) is 4.79 Å². The first-order valence-corrected chi connectivity index (χ1v) is 5.40. The Balaban J connectivity index is 2.51. The van der Waals surface area contributed by atoms with E-state index in [0.29, 0.717) is 16.5 Å². The van der Waals surface area contributed by atoms with E-state index in [-0.39, 0.29) is 0 Å². The molecule has 0 aliphatic heterocycles. The van der Waals surface area contributed by atoms with Gasteiger partial charge < -0.3 is 5.11 Å². The summed E-state index contributed by atoms with van der Waals surface area (Å²) in [6.45, 7) is 3.46. The summed E-state index contributed by atoms with van der Waals surface area (Å²) >= 11 is 1.42. The number of aliphatic carboxylic acids is 1. The molecule has 0 atom stereocenters. The SMILES string of the molecule is CC(=CCSc1nccc(C)n1)C(=O)O. The molecule has 0 aliphatic carbocycles. The molecule has 1 aromatic heterocycles. The smallest absolute Gasteiger partial charge is 0.330 e. The fraction of sp³-hybridized carbons (Fsp3) is 0.300. The van der Waals surface area contributed by atoms with Gasteiger partial charge in [-0.25, -0.2) is 14.8 Å². The molecule has 0 bridgehead atoms. The zero-order valence-electron chi connectivity index (χ0n) is 8.60. The molecule has 5 heteroatoms. The van der Waals surface area contributed by atoms with Gasteiger partial charge in [-0.3, -0.25) is 0 Å². The predicted octanol–water partition coefficient (Wildman–Crippen LogP) is 1.91. The van der Waals surface area contributed by atoms with E-state index < -0.39 is 5.97 Å². The highest BCUT2D eigenvalue weighted by atomic mass is 32.2. The van der Waals surface area contributed by atoms with Crippen LogP contribution in [0.25, 0.3) is 0 Å². The van der Waals surface area contributed by atoms with Crippen molar-refractivity contribution in [2.45, 2.75) is 19.0 Å². The Hall–Kier alpha value is -1.36. The van der Waals surface area contributed by atoms with Crippen molar-refractivity contribution in [3.63, 3.8) is 0 Å². The van der Waals surface area contributed by atoms with Gasteiger partial charge in [0.2, 0.25) is 0 Å². The maximum atomic E-state index is 10.5. The van der Waals surface area contributed by atoms with Crippen LogP contribution < -0.4 is 0 Å². The lowest BCUT2D eigenvalue weighted by Crippen LogP contribution is -1.96. The molecule has 0 aromatic carbocycles. The lowest BCUT2D eigenvalue weighted by atomic mass is 10.3. The molecule has 0 unspecified atom stereocenters. The third kappa shape index (κ3) is 4.12. The molecule has 1 aromatic rings. The van der Waals surface area contributed by atoms with Gasteiger partial charge in [-0.1, -0.05) is 17.8 Å². The van der Waals surface area contributed by atoms with Gasteiger partial charge in [-0.2, -0.15) is 0 Å². The number of aromatic nitrogens is 2. The van der Waals surface area contributed by atoms with Crippen LogP contribution in [0.15, 0.2) is 29.1 Å². The first kappa shape index (κ1) is 11.7. The molecule has 1 heterocycles. The van der Waals surface area contributed by atoms with Crippen LogP contribution in [0.2, 0.25) is 0 Å². The van der Waals surface area contributed by atoms with Crippen molar-refractivity contribution in [2.75, 3.05) is 5.75 Å². The van der Waals surface area contributed by atoms with Crippen molar-refractivity contribution in [1.29, 1.82) is 0 Å². The van der Waals surface area contributed by atoms with Gasteiger partial charge >= 0.3 is 5.97 Å². The van der Waals surface area contributed by atoms with Crippen LogP contribution >= 0.6 is 11.8 Å². The number of thioether (sulfide) groups is 1. The largest absolute Gasteiger partial charge is 0.478 e. The minimum absolute atomic E-state index is 0.343. The minimum atomic E-state index is -0.888. The van der Waals surface area contributed by atoms with Gasteiger partial charge in [-0.05, 0) is 19.9 Å². The van der Waals surface area contributed by atoms with Gasteiger partial charge in [-0.15, -0.1) is 0 Å². The second-order valence-corrected chi connectivity index (χ2v) is 3.97. The predicted molar refractivity (Wildman–Crippen MR) is 58.9 cm³/mol. The third-order valence-corrected chi connectivity index (χ3v) is 2.50. The molecule has 1 rings (SSSR count). The Kier molecular flexibility index (Phi) is 4.30. The van der Waals surface area contributed by atoms with E-state index in [1.807, 2.05) is 13.0 Å². The maximum Gasteiger partial charge on any atom is 0.330 e. The number of carboxylic acids is 1. The van der Waals surface area contributed by atoms with Crippen molar-refractivity contribution in [3.8, 4) is 0 Å². The number of carbonyl (C=O) groups is 1. The second kappa shape index (κ2) is 5.50. The minimum Gasteiger partial charge on any atom is -0.478 e. The van der Waals surface area contributed by atoms with Crippen molar-refractivity contribution in [3.05, 3.63) is 29.6 Å². The van der Waals surface area contributed by atoms with Gasteiger partial charge in [0.15, 0.2) is 5.16 Å². The molecule has 0 radical (unpaired) electrons. The van der Waals surface area contributed by atoms with Crippen molar-refractivity contribution in [2.24, 2.45) is 0 Å². The van der Waals surface area contributed by atoms with Crippen LogP contribution in [0.1, 0.15) is 12.6 Å². The van der Waals surface area contributed by atoms with Crippen molar-refractivity contribution >= 4 is 17.7 Å². The summed E-state index contributed by atoms with van der Waals surface area (Å²) < 4.78 is 0. The van der Waals surface area contributed by atoms with E-state index in [9.17, 15) is 4.79 Å². The lowest BCUT2D eigenvalue weighted by Gasteiger charge is -1.97. The summed E-state index contributed by atoms with van der Waals surface area (Å²) in [7, 11) is 0. The maximum absolute atomic E-state index is 10.5. The van der Waals surface area contributed by atoms with E-state index in [0.717, 1.165) is 5.69 Å². The second-order valence-electron chi connectivity index (χ2n) is 2.98. The van der Waals surface area contributed by atoms with Gasteiger partial charge in [0.05, 0.1) is 0 Å². The number of hydrogen-bond donors (Lipinski definition) is 1. The zero-order chi connectivity index (χ0) is 11.3. The molecular weight excluding hydrogens is 212 g/mol. The van der Waals surface area contributed by atoms with Gasteiger partial charge in [0.25, 0.3) is 0 Å². The first-order chi connectivity index (χ1) is 7.09. The van der Waals surface area contributed by atoms with Gasteiger partial charge in [0.1, 0.15) is 0 Å². The molecule has 0 amide bonds. The number of aryl methyl sites for hydroxylation is 1. The average Bonchev–Trinajstić information content (AvgIpc) is 2.17. The Bertz CT molecular complexity index is 391. The average molecular weight is 224 g/mol. The molecule has 0 spiro atoms. The molecule has 0 saturated heterocycles. The molecule has 4 nitrogen and oxygen atoms in total. The Morgan fingerprint density at radius 1 is 1.67 bits per heavy atom. The van der Waals surface area contributed by atoms with Crippen molar-refractivity contribution < 1.29 is 9.90 Å². The zero-order valence-corrected chi connectivity index (χ0v) is 9.41. The number of hydrogen-bond acceptors (Lipinski definition) is 4. The lowest BCUT2D eigenvalue weighted by molar-refractivity contribution is -0.132. The Labute approximate surface area is 92.4 Å². The standard InChI is InChI=1S/C10H12N2O2S/c1-7(9(13)14)4-6-15-10-11-5-3-8(2)12-10/h3-5H,6H2,1-2H3,(H,13,14). The molecule has 80 valence electrons. The first-order valence-electron chi connectivity index (χ1n) is 4.42. The van der Waals surface area contributed by atoms with Crippen LogP contribution in [0.3, 0.4) is 0 Å². The van der Waals surface area contributed by atoms with Crippen LogP contribution in [-0.4, -0.2) is 26.8 Å². The summed E-state index contributed by atoms with van der Waals surface area (Å²) in [5.74, 6) is -0.317.